The van der Waals surface area contributed by atoms with Gasteiger partial charge in [0.05, 0.1) is 4.88 Å². The number of hydrogen-bond donors (Lipinski definition) is 1. The molecule has 0 aliphatic carbocycles. The second-order valence-corrected chi connectivity index (χ2v) is 6.50. The van der Waals surface area contributed by atoms with E-state index in [1.807, 2.05) is 37.3 Å². The highest BCUT2D eigenvalue weighted by atomic mass is 32.1. The SMILES string of the molecule is CC1CN(C(=O)c2cc3ccccc3s2)[C@@]1(C)C(=O)O. The minimum Gasteiger partial charge on any atom is -0.479 e. The van der Waals surface area contributed by atoms with Crippen molar-refractivity contribution in [2.24, 2.45) is 5.92 Å². The van der Waals surface area contributed by atoms with Crippen LogP contribution >= 0.6 is 11.3 Å². The van der Waals surface area contributed by atoms with Crippen molar-refractivity contribution in [3.8, 4) is 0 Å². The third-order valence-corrected chi connectivity index (χ3v) is 5.40. The Balaban J connectivity index is 1.95. The zero-order valence-electron chi connectivity index (χ0n) is 11.3. The van der Waals surface area contributed by atoms with Gasteiger partial charge in [-0.1, -0.05) is 25.1 Å². The van der Waals surface area contributed by atoms with Crippen LogP contribution < -0.4 is 0 Å². The van der Waals surface area contributed by atoms with Gasteiger partial charge in [-0.25, -0.2) is 4.79 Å². The van der Waals surface area contributed by atoms with Gasteiger partial charge in [0, 0.05) is 17.2 Å². The maximum Gasteiger partial charge on any atom is 0.329 e. The van der Waals surface area contributed by atoms with Gasteiger partial charge in [-0.15, -0.1) is 11.3 Å². The molecule has 5 heteroatoms. The van der Waals surface area contributed by atoms with Crippen molar-refractivity contribution in [2.75, 3.05) is 6.54 Å². The number of thiophene rings is 1. The van der Waals surface area contributed by atoms with E-state index in [0.29, 0.717) is 11.4 Å². The van der Waals surface area contributed by atoms with Gasteiger partial charge in [0.25, 0.3) is 5.91 Å². The predicted molar refractivity (Wildman–Crippen MR) is 78.1 cm³/mol. The van der Waals surface area contributed by atoms with Crippen molar-refractivity contribution >= 4 is 33.3 Å². The van der Waals surface area contributed by atoms with Gasteiger partial charge in [-0.05, 0) is 24.4 Å². The van der Waals surface area contributed by atoms with Gasteiger partial charge < -0.3 is 10.0 Å². The lowest BCUT2D eigenvalue weighted by molar-refractivity contribution is -0.162. The fourth-order valence-corrected chi connectivity index (χ4v) is 3.65. The van der Waals surface area contributed by atoms with Crippen LogP contribution in [0.25, 0.3) is 10.1 Å². The molecule has 1 saturated heterocycles. The number of carboxylic acids is 1. The number of carbonyl (C=O) groups excluding carboxylic acids is 1. The number of likely N-dealkylation sites (tertiary alicyclic amines) is 1. The van der Waals surface area contributed by atoms with Crippen molar-refractivity contribution in [3.63, 3.8) is 0 Å². The second-order valence-electron chi connectivity index (χ2n) is 5.42. The molecule has 0 radical (unpaired) electrons. The molecule has 1 aromatic carbocycles. The van der Waals surface area contributed by atoms with E-state index in [1.165, 1.54) is 16.2 Å². The first-order chi connectivity index (χ1) is 9.44. The molecule has 0 bridgehead atoms. The lowest BCUT2D eigenvalue weighted by Crippen LogP contribution is -2.70. The largest absolute Gasteiger partial charge is 0.479 e. The first kappa shape index (κ1) is 13.1. The van der Waals surface area contributed by atoms with Crippen LogP contribution in [0.5, 0.6) is 0 Å². The number of amides is 1. The van der Waals surface area contributed by atoms with E-state index in [2.05, 4.69) is 0 Å². The number of benzene rings is 1. The summed E-state index contributed by atoms with van der Waals surface area (Å²) < 4.78 is 1.04. The molecule has 1 aromatic heterocycles. The number of hydrogen-bond acceptors (Lipinski definition) is 3. The maximum atomic E-state index is 12.5. The Bertz CT molecular complexity index is 675. The molecule has 2 atom stereocenters. The molecule has 3 rings (SSSR count). The molecule has 1 amide bonds. The minimum atomic E-state index is -1.09. The number of carboxylic acid groups (broad SMARTS) is 1. The maximum absolute atomic E-state index is 12.5. The number of rotatable bonds is 2. The summed E-state index contributed by atoms with van der Waals surface area (Å²) in [6, 6.07) is 9.62. The molecular weight excluding hydrogens is 274 g/mol. The van der Waals surface area contributed by atoms with Crippen molar-refractivity contribution in [1.82, 2.24) is 4.90 Å². The number of fused-ring (bicyclic) bond motifs is 1. The topological polar surface area (TPSA) is 57.6 Å². The van der Waals surface area contributed by atoms with E-state index in [4.69, 9.17) is 0 Å². The van der Waals surface area contributed by atoms with Gasteiger partial charge in [-0.2, -0.15) is 0 Å². The zero-order chi connectivity index (χ0) is 14.5. The molecule has 1 fully saturated rings. The first-order valence-electron chi connectivity index (χ1n) is 6.48. The fraction of sp³-hybridized carbons (Fsp3) is 0.333. The normalized spacial score (nSPS) is 25.5. The summed E-state index contributed by atoms with van der Waals surface area (Å²) >= 11 is 1.41. The van der Waals surface area contributed by atoms with Crippen LogP contribution in [0.4, 0.5) is 0 Å². The Morgan fingerprint density at radius 2 is 2.10 bits per heavy atom. The summed E-state index contributed by atoms with van der Waals surface area (Å²) in [5, 5.41) is 10.4. The van der Waals surface area contributed by atoms with E-state index in [1.54, 1.807) is 6.92 Å². The molecule has 2 aromatic rings. The highest BCUT2D eigenvalue weighted by Crippen LogP contribution is 2.39. The van der Waals surface area contributed by atoms with E-state index in [-0.39, 0.29) is 11.8 Å². The third-order valence-electron chi connectivity index (χ3n) is 4.29. The van der Waals surface area contributed by atoms with Gasteiger partial charge >= 0.3 is 5.97 Å². The Kier molecular flexibility index (Phi) is 2.83. The van der Waals surface area contributed by atoms with Crippen LogP contribution in [-0.2, 0) is 4.79 Å². The number of aliphatic carboxylic acids is 1. The van der Waals surface area contributed by atoms with E-state index < -0.39 is 11.5 Å². The van der Waals surface area contributed by atoms with Gasteiger partial charge in [-0.3, -0.25) is 4.79 Å². The smallest absolute Gasteiger partial charge is 0.329 e. The minimum absolute atomic E-state index is 0.0293. The van der Waals surface area contributed by atoms with Crippen LogP contribution in [0.1, 0.15) is 23.5 Å². The summed E-state index contributed by atoms with van der Waals surface area (Å²) in [7, 11) is 0. The fourth-order valence-electron chi connectivity index (χ4n) is 2.64. The van der Waals surface area contributed by atoms with Crippen LogP contribution in [0.3, 0.4) is 0 Å². The summed E-state index contributed by atoms with van der Waals surface area (Å²) in [6.45, 7) is 3.98. The molecule has 1 unspecified atom stereocenters. The molecule has 0 saturated carbocycles. The predicted octanol–water partition coefficient (Wildman–Crippen LogP) is 2.84. The molecule has 1 aliphatic heterocycles. The molecule has 20 heavy (non-hydrogen) atoms. The average molecular weight is 289 g/mol. The van der Waals surface area contributed by atoms with Gasteiger partial charge in [0.1, 0.15) is 5.54 Å². The molecule has 1 aliphatic rings. The molecule has 2 heterocycles. The van der Waals surface area contributed by atoms with E-state index in [9.17, 15) is 14.7 Å². The van der Waals surface area contributed by atoms with Gasteiger partial charge in [0.2, 0.25) is 0 Å². The standard InChI is InChI=1S/C15H15NO3S/c1-9-8-16(15(9,2)14(18)19)13(17)12-7-10-5-3-4-6-11(10)20-12/h3-7,9H,8H2,1-2H3,(H,18,19)/t9?,15-/m1/s1. The average Bonchev–Trinajstić information content (AvgIpc) is 2.86. The summed E-state index contributed by atoms with van der Waals surface area (Å²) in [4.78, 5) is 26.0. The van der Waals surface area contributed by atoms with Crippen molar-refractivity contribution in [2.45, 2.75) is 19.4 Å². The quantitative estimate of drug-likeness (QED) is 0.925. The molecule has 1 N–H and O–H groups in total. The lowest BCUT2D eigenvalue weighted by Gasteiger charge is -2.52. The first-order valence-corrected chi connectivity index (χ1v) is 7.30. The van der Waals surface area contributed by atoms with Crippen LogP contribution in [0.15, 0.2) is 30.3 Å². The Morgan fingerprint density at radius 3 is 2.70 bits per heavy atom. The summed E-state index contributed by atoms with van der Waals surface area (Å²) in [6.07, 6.45) is 0. The Labute approximate surface area is 120 Å². The summed E-state index contributed by atoms with van der Waals surface area (Å²) in [5.74, 6) is -1.15. The van der Waals surface area contributed by atoms with E-state index >= 15 is 0 Å². The molecule has 4 nitrogen and oxygen atoms in total. The molecule has 104 valence electrons. The highest BCUT2D eigenvalue weighted by Gasteiger charge is 2.55. The third kappa shape index (κ3) is 1.66. The van der Waals surface area contributed by atoms with Crippen LogP contribution in [-0.4, -0.2) is 34.0 Å². The molecule has 0 spiro atoms. The van der Waals surface area contributed by atoms with Crippen LogP contribution in [0, 0.1) is 5.92 Å². The number of nitrogens with zero attached hydrogens (tertiary/aromatic N) is 1. The van der Waals surface area contributed by atoms with Crippen LogP contribution in [0.2, 0.25) is 0 Å². The number of carbonyl (C=O) groups is 2. The van der Waals surface area contributed by atoms with Gasteiger partial charge in [0.15, 0.2) is 0 Å². The highest BCUT2D eigenvalue weighted by molar-refractivity contribution is 7.20. The summed E-state index contributed by atoms with van der Waals surface area (Å²) in [5.41, 5.74) is -1.09. The lowest BCUT2D eigenvalue weighted by atomic mass is 9.76. The second kappa shape index (κ2) is 4.31. The molecular formula is C15H15NO3S. The Morgan fingerprint density at radius 1 is 1.40 bits per heavy atom. The van der Waals surface area contributed by atoms with E-state index in [0.717, 1.165) is 10.1 Å². The van der Waals surface area contributed by atoms with Crippen molar-refractivity contribution < 1.29 is 14.7 Å². The zero-order valence-corrected chi connectivity index (χ0v) is 12.1. The van der Waals surface area contributed by atoms with Crippen molar-refractivity contribution in [1.29, 1.82) is 0 Å². The monoisotopic (exact) mass is 289 g/mol. The Hall–Kier alpha value is -1.88. The van der Waals surface area contributed by atoms with Crippen molar-refractivity contribution in [3.05, 3.63) is 35.2 Å².